The fourth-order valence-corrected chi connectivity index (χ4v) is 4.31. The normalized spacial score (nSPS) is 22.3. The summed E-state index contributed by atoms with van der Waals surface area (Å²) in [6, 6.07) is 20.6. The van der Waals surface area contributed by atoms with Gasteiger partial charge in [0.25, 0.3) is 5.91 Å². The number of carbonyl (C=O) groups excluding carboxylic acids is 1. The third kappa shape index (κ3) is 5.79. The number of hydrogen-bond acceptors (Lipinski definition) is 4. The molecular weight excluding hydrogens is 374 g/mol. The molecule has 5 heteroatoms. The molecule has 5 nitrogen and oxygen atoms in total. The van der Waals surface area contributed by atoms with Crippen LogP contribution in [0.15, 0.2) is 60.7 Å². The van der Waals surface area contributed by atoms with Gasteiger partial charge in [0.15, 0.2) is 0 Å². The van der Waals surface area contributed by atoms with Crippen molar-refractivity contribution in [2.24, 2.45) is 0 Å². The Bertz CT molecular complexity index is 842. The summed E-state index contributed by atoms with van der Waals surface area (Å²) in [5.74, 6) is 0.441. The molecule has 2 aliphatic rings. The standard InChI is InChI=1S/C25H31N3O2/c1-30-27-25(29)12-11-19-7-9-20(10-8-19)18-28-15-13-22(14-16-28)26-24-17-23(24)21-5-3-2-4-6-21/h2-12,22-24,26H,13-18H2,1H3,(H,27,29)/b12-11+. The number of hydroxylamine groups is 1. The van der Waals surface area contributed by atoms with Crippen molar-refractivity contribution in [1.82, 2.24) is 15.7 Å². The van der Waals surface area contributed by atoms with E-state index in [2.05, 4.69) is 75.1 Å². The van der Waals surface area contributed by atoms with Crippen molar-refractivity contribution in [3.63, 3.8) is 0 Å². The van der Waals surface area contributed by atoms with Gasteiger partial charge >= 0.3 is 0 Å². The maximum atomic E-state index is 11.4. The summed E-state index contributed by atoms with van der Waals surface area (Å²) in [4.78, 5) is 18.5. The maximum Gasteiger partial charge on any atom is 0.267 e. The van der Waals surface area contributed by atoms with Crippen molar-refractivity contribution in [1.29, 1.82) is 0 Å². The van der Waals surface area contributed by atoms with Crippen LogP contribution in [-0.2, 0) is 16.2 Å². The second kappa shape index (κ2) is 10.0. The molecule has 2 fully saturated rings. The summed E-state index contributed by atoms with van der Waals surface area (Å²) < 4.78 is 0. The van der Waals surface area contributed by atoms with Crippen LogP contribution < -0.4 is 10.8 Å². The van der Waals surface area contributed by atoms with Crippen LogP contribution in [0.5, 0.6) is 0 Å². The van der Waals surface area contributed by atoms with Gasteiger partial charge in [0.1, 0.15) is 0 Å². The summed E-state index contributed by atoms with van der Waals surface area (Å²) >= 11 is 0. The van der Waals surface area contributed by atoms with Crippen LogP contribution in [0.4, 0.5) is 0 Å². The maximum absolute atomic E-state index is 11.4. The van der Waals surface area contributed by atoms with Crippen molar-refractivity contribution in [3.8, 4) is 0 Å². The Morgan fingerprint density at radius 3 is 2.53 bits per heavy atom. The minimum atomic E-state index is -0.264. The molecular formula is C25H31N3O2. The summed E-state index contributed by atoms with van der Waals surface area (Å²) in [5, 5.41) is 3.89. The molecule has 2 aromatic rings. The van der Waals surface area contributed by atoms with E-state index < -0.39 is 0 Å². The largest absolute Gasteiger partial charge is 0.311 e. The molecule has 2 unspecified atom stereocenters. The highest BCUT2D eigenvalue weighted by molar-refractivity contribution is 5.90. The Hall–Kier alpha value is -2.47. The fraction of sp³-hybridized carbons (Fsp3) is 0.400. The van der Waals surface area contributed by atoms with E-state index in [4.69, 9.17) is 0 Å². The van der Waals surface area contributed by atoms with E-state index in [9.17, 15) is 4.79 Å². The summed E-state index contributed by atoms with van der Waals surface area (Å²) in [7, 11) is 1.42. The first kappa shape index (κ1) is 20.8. The zero-order valence-electron chi connectivity index (χ0n) is 17.6. The molecule has 0 bridgehead atoms. The van der Waals surface area contributed by atoms with Gasteiger partial charge in [-0.3, -0.25) is 14.5 Å². The number of nitrogens with zero attached hydrogens (tertiary/aromatic N) is 1. The van der Waals surface area contributed by atoms with Crippen LogP contribution in [0.25, 0.3) is 6.08 Å². The van der Waals surface area contributed by atoms with Gasteiger partial charge in [-0.1, -0.05) is 54.6 Å². The van der Waals surface area contributed by atoms with Gasteiger partial charge in [-0.15, -0.1) is 0 Å². The van der Waals surface area contributed by atoms with Crippen molar-refractivity contribution in [2.75, 3.05) is 20.2 Å². The third-order valence-electron chi connectivity index (χ3n) is 6.07. The molecule has 1 amide bonds. The van der Waals surface area contributed by atoms with Crippen LogP contribution in [0.3, 0.4) is 0 Å². The van der Waals surface area contributed by atoms with Crippen LogP contribution in [0.1, 0.15) is 41.9 Å². The number of benzene rings is 2. The average Bonchev–Trinajstić information content (AvgIpc) is 3.55. The lowest BCUT2D eigenvalue weighted by atomic mass is 10.0. The van der Waals surface area contributed by atoms with Crippen molar-refractivity contribution in [3.05, 3.63) is 77.4 Å². The van der Waals surface area contributed by atoms with Gasteiger partial charge in [0.05, 0.1) is 7.11 Å². The Morgan fingerprint density at radius 1 is 1.10 bits per heavy atom. The molecule has 4 rings (SSSR count). The van der Waals surface area contributed by atoms with E-state index in [0.29, 0.717) is 18.0 Å². The average molecular weight is 406 g/mol. The number of rotatable bonds is 8. The van der Waals surface area contributed by atoms with Crippen LogP contribution in [0, 0.1) is 0 Å². The molecule has 30 heavy (non-hydrogen) atoms. The Balaban J connectivity index is 1.18. The molecule has 0 radical (unpaired) electrons. The van der Waals surface area contributed by atoms with E-state index in [1.54, 1.807) is 6.08 Å². The number of carbonyl (C=O) groups is 1. The quantitative estimate of drug-likeness (QED) is 0.522. The summed E-state index contributed by atoms with van der Waals surface area (Å²) in [6.45, 7) is 3.26. The molecule has 0 spiro atoms. The number of amides is 1. The van der Waals surface area contributed by atoms with Crippen molar-refractivity contribution < 1.29 is 9.63 Å². The first-order valence-corrected chi connectivity index (χ1v) is 10.8. The fourth-order valence-electron chi connectivity index (χ4n) is 4.31. The van der Waals surface area contributed by atoms with E-state index in [1.165, 1.54) is 43.6 Å². The predicted octanol–water partition coefficient (Wildman–Crippen LogP) is 3.49. The monoisotopic (exact) mass is 405 g/mol. The smallest absolute Gasteiger partial charge is 0.267 e. The Kier molecular flexibility index (Phi) is 6.95. The molecule has 0 aromatic heterocycles. The Morgan fingerprint density at radius 2 is 1.83 bits per heavy atom. The molecule has 1 aliphatic carbocycles. The van der Waals surface area contributed by atoms with Gasteiger partial charge in [0.2, 0.25) is 0 Å². The second-order valence-corrected chi connectivity index (χ2v) is 8.32. The second-order valence-electron chi connectivity index (χ2n) is 8.32. The van der Waals surface area contributed by atoms with Gasteiger partial charge < -0.3 is 5.32 Å². The van der Waals surface area contributed by atoms with Crippen LogP contribution >= 0.6 is 0 Å². The predicted molar refractivity (Wildman–Crippen MR) is 120 cm³/mol. The SMILES string of the molecule is CONC(=O)/C=C/c1ccc(CN2CCC(NC3CC3c3ccccc3)CC2)cc1. The number of hydrogen-bond donors (Lipinski definition) is 2. The molecule has 1 aliphatic heterocycles. The highest BCUT2D eigenvalue weighted by Crippen LogP contribution is 2.41. The molecule has 1 heterocycles. The van der Waals surface area contributed by atoms with Crippen LogP contribution in [0.2, 0.25) is 0 Å². The minimum Gasteiger partial charge on any atom is -0.311 e. The Labute approximate surface area is 179 Å². The van der Waals surface area contributed by atoms with E-state index in [1.807, 2.05) is 0 Å². The molecule has 158 valence electrons. The zero-order chi connectivity index (χ0) is 20.8. The van der Waals surface area contributed by atoms with Gasteiger partial charge in [-0.25, -0.2) is 5.48 Å². The highest BCUT2D eigenvalue weighted by atomic mass is 16.6. The topological polar surface area (TPSA) is 53.6 Å². The molecule has 2 aromatic carbocycles. The van der Waals surface area contributed by atoms with Gasteiger partial charge in [-0.2, -0.15) is 0 Å². The number of nitrogens with one attached hydrogen (secondary N) is 2. The van der Waals surface area contributed by atoms with E-state index in [0.717, 1.165) is 25.2 Å². The van der Waals surface area contributed by atoms with Crippen molar-refractivity contribution >= 4 is 12.0 Å². The molecule has 2 atom stereocenters. The highest BCUT2D eigenvalue weighted by Gasteiger charge is 2.39. The number of piperidine rings is 1. The molecule has 1 saturated carbocycles. The van der Waals surface area contributed by atoms with Crippen LogP contribution in [-0.4, -0.2) is 43.1 Å². The lowest BCUT2D eigenvalue weighted by molar-refractivity contribution is -0.126. The van der Waals surface area contributed by atoms with Gasteiger partial charge in [-0.05, 0) is 55.1 Å². The van der Waals surface area contributed by atoms with E-state index >= 15 is 0 Å². The first-order chi connectivity index (χ1) is 14.7. The molecule has 2 N–H and O–H groups in total. The van der Waals surface area contributed by atoms with Gasteiger partial charge in [0, 0.05) is 30.6 Å². The summed E-state index contributed by atoms with van der Waals surface area (Å²) in [6.07, 6.45) is 6.97. The zero-order valence-corrected chi connectivity index (χ0v) is 17.6. The van der Waals surface area contributed by atoms with E-state index in [-0.39, 0.29) is 5.91 Å². The minimum absolute atomic E-state index is 0.264. The third-order valence-corrected chi connectivity index (χ3v) is 6.07. The molecule has 1 saturated heterocycles. The lowest BCUT2D eigenvalue weighted by Gasteiger charge is -2.32. The first-order valence-electron chi connectivity index (χ1n) is 10.8. The lowest BCUT2D eigenvalue weighted by Crippen LogP contribution is -2.43. The van der Waals surface area contributed by atoms with Crippen molar-refractivity contribution in [2.45, 2.75) is 43.8 Å². The number of likely N-dealkylation sites (tertiary alicyclic amines) is 1. The summed E-state index contributed by atoms with van der Waals surface area (Å²) in [5.41, 5.74) is 6.07.